The van der Waals surface area contributed by atoms with Gasteiger partial charge in [-0.15, -0.1) is 0 Å². The average molecular weight is 278 g/mol. The monoisotopic (exact) mass is 278 g/mol. The van der Waals surface area contributed by atoms with Crippen LogP contribution in [0.15, 0.2) is 0 Å². The maximum atomic E-state index is 5.58. The Balaban J connectivity index is 2.43. The molecule has 1 aliphatic heterocycles. The first-order valence-corrected chi connectivity index (χ1v) is 5.12. The van der Waals surface area contributed by atoms with Gasteiger partial charge >= 0.3 is 0 Å². The summed E-state index contributed by atoms with van der Waals surface area (Å²) in [5.74, 6) is 1.53. The third-order valence-corrected chi connectivity index (χ3v) is 3.24. The molecule has 0 unspecified atom stereocenters. The third-order valence-electron chi connectivity index (χ3n) is 2.00. The second kappa shape index (κ2) is 2.90. The van der Waals surface area contributed by atoms with Gasteiger partial charge in [-0.05, 0) is 29.5 Å². The number of fused-ring (bicyclic) bond motifs is 1. The van der Waals surface area contributed by atoms with E-state index in [1.807, 2.05) is 11.6 Å². The molecule has 0 saturated carbocycles. The summed E-state index contributed by atoms with van der Waals surface area (Å²) in [4.78, 5) is 0. The number of hydrogen-bond acceptors (Lipinski definition) is 2. The summed E-state index contributed by atoms with van der Waals surface area (Å²) in [5.41, 5.74) is 1.07. The zero-order valence-electron chi connectivity index (χ0n) is 7.17. The highest BCUT2D eigenvalue weighted by Crippen LogP contribution is 2.28. The summed E-state index contributed by atoms with van der Waals surface area (Å²) >= 11 is 2.28. The van der Waals surface area contributed by atoms with Gasteiger partial charge in [-0.3, -0.25) is 0 Å². The molecule has 0 aliphatic carbocycles. The molecule has 1 atom stereocenters. The van der Waals surface area contributed by atoms with Crippen LogP contribution in [0.25, 0.3) is 0 Å². The Morgan fingerprint density at radius 3 is 3.17 bits per heavy atom. The van der Waals surface area contributed by atoms with Crippen molar-refractivity contribution in [2.24, 2.45) is 5.92 Å². The molecular weight excluding hydrogens is 267 g/mol. The lowest BCUT2D eigenvalue weighted by Crippen LogP contribution is -2.23. The largest absolute Gasteiger partial charge is 0.477 e. The number of aryl methyl sites for hydroxylation is 1. The van der Waals surface area contributed by atoms with E-state index in [-0.39, 0.29) is 0 Å². The second-order valence-corrected chi connectivity index (χ2v) is 4.38. The molecule has 2 heterocycles. The molecule has 0 amide bonds. The predicted octanol–water partition coefficient (Wildman–Crippen LogP) is 1.82. The number of aromatic nitrogens is 2. The van der Waals surface area contributed by atoms with Crippen LogP contribution in [0, 0.1) is 16.4 Å². The molecule has 4 heteroatoms. The molecule has 3 nitrogen and oxygen atoms in total. The standard InChI is InChI=1S/C8H11IN2O/c1-5-3-11-8(12-4-5)7(9)6(2)10-11/h5H,3-4H2,1-2H3/t5-/m1/s1. The van der Waals surface area contributed by atoms with Crippen LogP contribution in [0.5, 0.6) is 5.88 Å². The van der Waals surface area contributed by atoms with E-state index in [1.165, 1.54) is 0 Å². The summed E-state index contributed by atoms with van der Waals surface area (Å²) in [6.07, 6.45) is 0. The van der Waals surface area contributed by atoms with E-state index in [0.717, 1.165) is 28.3 Å². The molecule has 12 heavy (non-hydrogen) atoms. The lowest BCUT2D eigenvalue weighted by atomic mass is 10.2. The molecule has 0 fully saturated rings. The number of hydrogen-bond donors (Lipinski definition) is 0. The van der Waals surface area contributed by atoms with Gasteiger partial charge in [0.1, 0.15) is 0 Å². The first kappa shape index (κ1) is 8.34. The summed E-state index contributed by atoms with van der Waals surface area (Å²) in [7, 11) is 0. The van der Waals surface area contributed by atoms with Crippen LogP contribution < -0.4 is 4.74 Å². The number of nitrogens with zero attached hydrogens (tertiary/aromatic N) is 2. The fraction of sp³-hybridized carbons (Fsp3) is 0.625. The van der Waals surface area contributed by atoms with Crippen LogP contribution >= 0.6 is 22.6 Å². The van der Waals surface area contributed by atoms with Gasteiger partial charge in [-0.25, -0.2) is 4.68 Å². The first-order chi connectivity index (χ1) is 5.68. The van der Waals surface area contributed by atoms with Gasteiger partial charge in [0.25, 0.3) is 0 Å². The molecule has 0 spiro atoms. The van der Waals surface area contributed by atoms with Crippen LogP contribution in [-0.4, -0.2) is 16.4 Å². The molecule has 1 aliphatic rings. The molecule has 0 bridgehead atoms. The SMILES string of the molecule is Cc1nn2c(c1I)OC[C@H](C)C2. The van der Waals surface area contributed by atoms with Gasteiger partial charge in [0.2, 0.25) is 5.88 Å². The van der Waals surface area contributed by atoms with Crippen molar-refractivity contribution in [2.45, 2.75) is 20.4 Å². The predicted molar refractivity (Wildman–Crippen MR) is 54.3 cm³/mol. The van der Waals surface area contributed by atoms with E-state index in [1.54, 1.807) is 0 Å². The highest BCUT2D eigenvalue weighted by atomic mass is 127. The number of ether oxygens (including phenoxy) is 1. The van der Waals surface area contributed by atoms with Crippen LogP contribution in [-0.2, 0) is 6.54 Å². The first-order valence-electron chi connectivity index (χ1n) is 4.04. The summed E-state index contributed by atoms with van der Waals surface area (Å²) in [6.45, 7) is 5.99. The van der Waals surface area contributed by atoms with E-state index >= 15 is 0 Å². The molecule has 0 N–H and O–H groups in total. The van der Waals surface area contributed by atoms with E-state index in [4.69, 9.17) is 4.74 Å². The highest BCUT2D eigenvalue weighted by Gasteiger charge is 2.21. The number of rotatable bonds is 0. The second-order valence-electron chi connectivity index (χ2n) is 3.30. The minimum atomic E-state index is 0.576. The van der Waals surface area contributed by atoms with Gasteiger partial charge < -0.3 is 4.74 Å². The normalized spacial score (nSPS) is 21.8. The molecule has 0 aromatic carbocycles. The quantitative estimate of drug-likeness (QED) is 0.677. The molecule has 0 radical (unpaired) electrons. The van der Waals surface area contributed by atoms with E-state index in [0.29, 0.717) is 5.92 Å². The minimum Gasteiger partial charge on any atom is -0.477 e. The maximum absolute atomic E-state index is 5.58. The fourth-order valence-corrected chi connectivity index (χ4v) is 1.91. The Morgan fingerprint density at radius 2 is 2.42 bits per heavy atom. The van der Waals surface area contributed by atoms with Crippen LogP contribution in [0.2, 0.25) is 0 Å². The van der Waals surface area contributed by atoms with Crippen molar-refractivity contribution in [2.75, 3.05) is 6.61 Å². The van der Waals surface area contributed by atoms with Gasteiger partial charge in [0.15, 0.2) is 0 Å². The Labute approximate surface area is 85.2 Å². The topological polar surface area (TPSA) is 27.1 Å². The van der Waals surface area contributed by atoms with E-state index in [2.05, 4.69) is 34.6 Å². The Bertz CT molecular complexity index is 308. The van der Waals surface area contributed by atoms with Crippen molar-refractivity contribution in [1.29, 1.82) is 0 Å². The van der Waals surface area contributed by atoms with Crippen molar-refractivity contribution >= 4 is 22.6 Å². The molecule has 0 saturated heterocycles. The van der Waals surface area contributed by atoms with E-state index in [9.17, 15) is 0 Å². The van der Waals surface area contributed by atoms with Crippen LogP contribution in [0.3, 0.4) is 0 Å². The third kappa shape index (κ3) is 1.22. The number of halogens is 1. The fourth-order valence-electron chi connectivity index (χ4n) is 1.37. The Hall–Kier alpha value is -0.260. The van der Waals surface area contributed by atoms with Gasteiger partial charge in [0.05, 0.1) is 22.4 Å². The van der Waals surface area contributed by atoms with Crippen LogP contribution in [0.4, 0.5) is 0 Å². The van der Waals surface area contributed by atoms with Crippen LogP contribution in [0.1, 0.15) is 12.6 Å². The molecule has 66 valence electrons. The van der Waals surface area contributed by atoms with E-state index < -0.39 is 0 Å². The summed E-state index contributed by atoms with van der Waals surface area (Å²) in [5, 5.41) is 4.39. The molecule has 2 rings (SSSR count). The Kier molecular flexibility index (Phi) is 2.02. The van der Waals surface area contributed by atoms with Crippen molar-refractivity contribution < 1.29 is 4.74 Å². The summed E-state index contributed by atoms with van der Waals surface area (Å²) in [6, 6.07) is 0. The average Bonchev–Trinajstić information content (AvgIpc) is 2.28. The van der Waals surface area contributed by atoms with Crippen molar-refractivity contribution in [3.05, 3.63) is 9.26 Å². The smallest absolute Gasteiger partial charge is 0.225 e. The zero-order valence-corrected chi connectivity index (χ0v) is 9.33. The molecule has 1 aromatic heterocycles. The summed E-state index contributed by atoms with van der Waals surface area (Å²) < 4.78 is 8.70. The lowest BCUT2D eigenvalue weighted by molar-refractivity contribution is 0.174. The molecule has 1 aromatic rings. The van der Waals surface area contributed by atoms with Crippen molar-refractivity contribution in [3.8, 4) is 5.88 Å². The molecular formula is C8H11IN2O. The zero-order chi connectivity index (χ0) is 8.72. The van der Waals surface area contributed by atoms with Crippen molar-refractivity contribution in [1.82, 2.24) is 9.78 Å². The minimum absolute atomic E-state index is 0.576. The maximum Gasteiger partial charge on any atom is 0.225 e. The lowest BCUT2D eigenvalue weighted by Gasteiger charge is -2.20. The highest BCUT2D eigenvalue weighted by molar-refractivity contribution is 14.1. The Morgan fingerprint density at radius 1 is 1.67 bits per heavy atom. The van der Waals surface area contributed by atoms with Crippen molar-refractivity contribution in [3.63, 3.8) is 0 Å². The van der Waals surface area contributed by atoms with Gasteiger partial charge in [-0.2, -0.15) is 5.10 Å². The van der Waals surface area contributed by atoms with Gasteiger partial charge in [-0.1, -0.05) is 6.92 Å². The van der Waals surface area contributed by atoms with Gasteiger partial charge in [0, 0.05) is 5.92 Å².